The molecule has 22 heavy (non-hydrogen) atoms. The van der Waals surface area contributed by atoms with Crippen LogP contribution in [-0.2, 0) is 6.54 Å². The summed E-state index contributed by atoms with van der Waals surface area (Å²) in [5.74, 6) is 0.157. The van der Waals surface area contributed by atoms with Gasteiger partial charge in [0.1, 0.15) is 0 Å². The molecule has 5 heteroatoms. The SMILES string of the molecule is Cc1ccccc1C(=O)N1CCN(CCn2cccn2)CC1. The molecule has 2 heterocycles. The van der Waals surface area contributed by atoms with E-state index in [1.807, 2.05) is 53.0 Å². The lowest BCUT2D eigenvalue weighted by atomic mass is 10.1. The van der Waals surface area contributed by atoms with Gasteiger partial charge < -0.3 is 4.90 Å². The maximum Gasteiger partial charge on any atom is 0.254 e. The van der Waals surface area contributed by atoms with Crippen molar-refractivity contribution in [2.45, 2.75) is 13.5 Å². The van der Waals surface area contributed by atoms with E-state index in [0.717, 1.165) is 50.4 Å². The lowest BCUT2D eigenvalue weighted by Crippen LogP contribution is -2.49. The highest BCUT2D eigenvalue weighted by Crippen LogP contribution is 2.12. The van der Waals surface area contributed by atoms with E-state index in [1.165, 1.54) is 0 Å². The highest BCUT2D eigenvalue weighted by molar-refractivity contribution is 5.95. The third-order valence-electron chi connectivity index (χ3n) is 4.24. The summed E-state index contributed by atoms with van der Waals surface area (Å²) < 4.78 is 1.95. The first kappa shape index (κ1) is 14.8. The monoisotopic (exact) mass is 298 g/mol. The number of hydrogen-bond donors (Lipinski definition) is 0. The lowest BCUT2D eigenvalue weighted by molar-refractivity contribution is 0.0631. The van der Waals surface area contributed by atoms with Crippen LogP contribution in [0.5, 0.6) is 0 Å². The van der Waals surface area contributed by atoms with Crippen LogP contribution >= 0.6 is 0 Å². The Morgan fingerprint density at radius 2 is 1.86 bits per heavy atom. The number of amides is 1. The Labute approximate surface area is 131 Å². The first-order valence-electron chi connectivity index (χ1n) is 7.79. The van der Waals surface area contributed by atoms with Crippen LogP contribution in [0.15, 0.2) is 42.7 Å². The fourth-order valence-electron chi connectivity index (χ4n) is 2.83. The minimum atomic E-state index is 0.157. The molecule has 0 aliphatic carbocycles. The molecule has 3 rings (SSSR count). The Morgan fingerprint density at radius 1 is 1.09 bits per heavy atom. The van der Waals surface area contributed by atoms with Crippen molar-refractivity contribution in [3.05, 3.63) is 53.9 Å². The van der Waals surface area contributed by atoms with Gasteiger partial charge in [-0.25, -0.2) is 0 Å². The Kier molecular flexibility index (Phi) is 4.53. The van der Waals surface area contributed by atoms with E-state index in [0.29, 0.717) is 0 Å². The molecule has 1 aliphatic rings. The second-order valence-electron chi connectivity index (χ2n) is 5.72. The Balaban J connectivity index is 1.51. The third kappa shape index (κ3) is 3.36. The van der Waals surface area contributed by atoms with Crippen LogP contribution in [0.3, 0.4) is 0 Å². The molecule has 0 unspecified atom stereocenters. The summed E-state index contributed by atoms with van der Waals surface area (Å²) in [5.41, 5.74) is 1.88. The molecule has 1 saturated heterocycles. The van der Waals surface area contributed by atoms with Crippen LogP contribution < -0.4 is 0 Å². The molecule has 0 saturated carbocycles. The summed E-state index contributed by atoms with van der Waals surface area (Å²) in [4.78, 5) is 16.9. The first-order valence-corrected chi connectivity index (χ1v) is 7.79. The molecule has 1 aromatic heterocycles. The maximum atomic E-state index is 12.6. The van der Waals surface area contributed by atoms with Crippen molar-refractivity contribution in [2.24, 2.45) is 0 Å². The predicted octanol–water partition coefficient (Wildman–Crippen LogP) is 1.65. The maximum absolute atomic E-state index is 12.6. The fraction of sp³-hybridized carbons (Fsp3) is 0.412. The van der Waals surface area contributed by atoms with Crippen LogP contribution in [-0.4, -0.2) is 58.2 Å². The highest BCUT2D eigenvalue weighted by Gasteiger charge is 2.22. The number of carbonyl (C=O) groups excluding carboxylic acids is 1. The Hall–Kier alpha value is -2.14. The van der Waals surface area contributed by atoms with Crippen LogP contribution in [0.1, 0.15) is 15.9 Å². The molecule has 2 aromatic rings. The van der Waals surface area contributed by atoms with Crippen molar-refractivity contribution < 1.29 is 4.79 Å². The van der Waals surface area contributed by atoms with Crippen molar-refractivity contribution in [1.29, 1.82) is 0 Å². The molecule has 0 radical (unpaired) electrons. The number of nitrogens with zero attached hydrogens (tertiary/aromatic N) is 4. The number of aryl methyl sites for hydroxylation is 1. The number of carbonyl (C=O) groups is 1. The molecule has 0 spiro atoms. The van der Waals surface area contributed by atoms with E-state index in [2.05, 4.69) is 10.00 Å². The Bertz CT molecular complexity index is 615. The molecule has 1 amide bonds. The number of rotatable bonds is 4. The Morgan fingerprint density at radius 3 is 2.55 bits per heavy atom. The molecule has 0 bridgehead atoms. The second kappa shape index (κ2) is 6.75. The first-order chi connectivity index (χ1) is 10.7. The van der Waals surface area contributed by atoms with Crippen LogP contribution in [0.2, 0.25) is 0 Å². The van der Waals surface area contributed by atoms with Gasteiger partial charge in [-0.05, 0) is 24.6 Å². The zero-order chi connectivity index (χ0) is 15.4. The average molecular weight is 298 g/mol. The van der Waals surface area contributed by atoms with E-state index >= 15 is 0 Å². The van der Waals surface area contributed by atoms with Crippen molar-refractivity contribution in [3.8, 4) is 0 Å². The zero-order valence-corrected chi connectivity index (χ0v) is 13.0. The molecule has 5 nitrogen and oxygen atoms in total. The van der Waals surface area contributed by atoms with Crippen molar-refractivity contribution in [1.82, 2.24) is 19.6 Å². The van der Waals surface area contributed by atoms with Gasteiger partial charge in [-0.3, -0.25) is 14.4 Å². The van der Waals surface area contributed by atoms with E-state index in [-0.39, 0.29) is 5.91 Å². The topological polar surface area (TPSA) is 41.4 Å². The van der Waals surface area contributed by atoms with Gasteiger partial charge in [0.15, 0.2) is 0 Å². The molecule has 1 aromatic carbocycles. The summed E-state index contributed by atoms with van der Waals surface area (Å²) in [6, 6.07) is 9.76. The van der Waals surface area contributed by atoms with E-state index in [4.69, 9.17) is 0 Å². The van der Waals surface area contributed by atoms with Gasteiger partial charge >= 0.3 is 0 Å². The lowest BCUT2D eigenvalue weighted by Gasteiger charge is -2.35. The quantitative estimate of drug-likeness (QED) is 0.862. The summed E-state index contributed by atoms with van der Waals surface area (Å²) >= 11 is 0. The minimum absolute atomic E-state index is 0.157. The van der Waals surface area contributed by atoms with Gasteiger partial charge in [-0.15, -0.1) is 0 Å². The van der Waals surface area contributed by atoms with Crippen LogP contribution in [0, 0.1) is 6.92 Å². The van der Waals surface area contributed by atoms with Gasteiger partial charge in [0.25, 0.3) is 5.91 Å². The smallest absolute Gasteiger partial charge is 0.254 e. The van der Waals surface area contributed by atoms with Crippen molar-refractivity contribution in [3.63, 3.8) is 0 Å². The average Bonchev–Trinajstić information content (AvgIpc) is 3.07. The van der Waals surface area contributed by atoms with E-state index in [1.54, 1.807) is 6.20 Å². The third-order valence-corrected chi connectivity index (χ3v) is 4.24. The summed E-state index contributed by atoms with van der Waals surface area (Å²) in [6.07, 6.45) is 3.79. The normalized spacial score (nSPS) is 16.0. The summed E-state index contributed by atoms with van der Waals surface area (Å²) in [6.45, 7) is 7.33. The van der Waals surface area contributed by atoms with E-state index < -0.39 is 0 Å². The number of hydrogen-bond acceptors (Lipinski definition) is 3. The highest BCUT2D eigenvalue weighted by atomic mass is 16.2. The standard InChI is InChI=1S/C17H22N4O/c1-15-5-2-3-6-16(15)17(22)20-12-9-19(10-13-20)11-14-21-8-4-7-18-21/h2-8H,9-14H2,1H3. The summed E-state index contributed by atoms with van der Waals surface area (Å²) in [7, 11) is 0. The van der Waals surface area contributed by atoms with Gasteiger partial charge in [-0.2, -0.15) is 5.10 Å². The van der Waals surface area contributed by atoms with Crippen LogP contribution in [0.25, 0.3) is 0 Å². The van der Waals surface area contributed by atoms with E-state index in [9.17, 15) is 4.79 Å². The second-order valence-corrected chi connectivity index (χ2v) is 5.72. The summed E-state index contributed by atoms with van der Waals surface area (Å²) in [5, 5.41) is 4.22. The molecule has 116 valence electrons. The molecular weight excluding hydrogens is 276 g/mol. The fourth-order valence-corrected chi connectivity index (χ4v) is 2.83. The minimum Gasteiger partial charge on any atom is -0.336 e. The van der Waals surface area contributed by atoms with Crippen LogP contribution in [0.4, 0.5) is 0 Å². The number of aromatic nitrogens is 2. The number of benzene rings is 1. The number of piperazine rings is 1. The molecule has 0 atom stereocenters. The molecule has 1 aliphatic heterocycles. The van der Waals surface area contributed by atoms with Crippen molar-refractivity contribution in [2.75, 3.05) is 32.7 Å². The zero-order valence-electron chi connectivity index (χ0n) is 13.0. The van der Waals surface area contributed by atoms with Gasteiger partial charge in [0.2, 0.25) is 0 Å². The van der Waals surface area contributed by atoms with Gasteiger partial charge in [-0.1, -0.05) is 18.2 Å². The van der Waals surface area contributed by atoms with Crippen molar-refractivity contribution >= 4 is 5.91 Å². The molecular formula is C17H22N4O. The van der Waals surface area contributed by atoms with Gasteiger partial charge in [0, 0.05) is 50.7 Å². The van der Waals surface area contributed by atoms with Gasteiger partial charge in [0.05, 0.1) is 6.54 Å². The molecule has 1 fully saturated rings. The largest absolute Gasteiger partial charge is 0.336 e. The predicted molar refractivity (Wildman–Crippen MR) is 85.7 cm³/mol. The molecule has 0 N–H and O–H groups in total.